The Hall–Kier alpha value is -2.87. The molecule has 4 rings (SSSR count). The van der Waals surface area contributed by atoms with Crippen LogP contribution in [0.4, 0.5) is 0 Å². The molecule has 0 atom stereocenters. The van der Waals surface area contributed by atoms with Gasteiger partial charge >= 0.3 is 0 Å². The van der Waals surface area contributed by atoms with Gasteiger partial charge in [0.25, 0.3) is 0 Å². The van der Waals surface area contributed by atoms with E-state index in [0.29, 0.717) is 29.8 Å². The summed E-state index contributed by atoms with van der Waals surface area (Å²) < 4.78 is 7.49. The highest BCUT2D eigenvalue weighted by molar-refractivity contribution is 7.99. The zero-order chi connectivity index (χ0) is 20.1. The predicted molar refractivity (Wildman–Crippen MR) is 111 cm³/mol. The summed E-state index contributed by atoms with van der Waals surface area (Å²) in [4.78, 5) is 18.9. The van der Waals surface area contributed by atoms with Crippen molar-refractivity contribution in [1.82, 2.24) is 24.6 Å². The van der Waals surface area contributed by atoms with Crippen molar-refractivity contribution in [1.29, 1.82) is 0 Å². The van der Waals surface area contributed by atoms with Gasteiger partial charge in [-0.05, 0) is 50.5 Å². The third-order valence-electron chi connectivity index (χ3n) is 4.84. The molecule has 150 valence electrons. The molecule has 0 spiro atoms. The number of thioether (sulfide) groups is 1. The molecule has 0 bridgehead atoms. The number of amides is 1. The Balaban J connectivity index is 1.55. The molecule has 7 nitrogen and oxygen atoms in total. The number of pyridine rings is 1. The molecule has 0 unspecified atom stereocenters. The van der Waals surface area contributed by atoms with Crippen LogP contribution >= 0.6 is 11.8 Å². The van der Waals surface area contributed by atoms with Gasteiger partial charge in [0.05, 0.1) is 18.6 Å². The molecule has 1 amide bonds. The smallest absolute Gasteiger partial charge is 0.237 e. The molecule has 1 aliphatic rings. The molecule has 3 heterocycles. The van der Waals surface area contributed by atoms with E-state index in [1.165, 1.54) is 11.8 Å². The molecule has 8 heteroatoms. The second-order valence-electron chi connectivity index (χ2n) is 6.73. The largest absolute Gasteiger partial charge is 0.467 e. The number of allylic oxidation sites excluding steroid dienone is 2. The van der Waals surface area contributed by atoms with E-state index in [-0.39, 0.29) is 5.91 Å². The summed E-state index contributed by atoms with van der Waals surface area (Å²) >= 11 is 1.40. The van der Waals surface area contributed by atoms with E-state index < -0.39 is 0 Å². The van der Waals surface area contributed by atoms with E-state index in [4.69, 9.17) is 4.42 Å². The minimum absolute atomic E-state index is 0.0983. The average molecular weight is 410 g/mol. The van der Waals surface area contributed by atoms with Gasteiger partial charge in [0.2, 0.25) is 5.91 Å². The molecule has 3 aromatic heterocycles. The van der Waals surface area contributed by atoms with Gasteiger partial charge in [-0.2, -0.15) is 0 Å². The Morgan fingerprint density at radius 2 is 2.24 bits per heavy atom. The summed E-state index contributed by atoms with van der Waals surface area (Å²) in [6.07, 6.45) is 10.5. The van der Waals surface area contributed by atoms with E-state index in [9.17, 15) is 4.79 Å². The second kappa shape index (κ2) is 9.09. The Morgan fingerprint density at radius 1 is 1.31 bits per heavy atom. The SMILES string of the molecule is CCN(C(=O)CSc1nnc(-c2cccnc2)n1Cc1ccco1)C1=CCCC1. The monoisotopic (exact) mass is 409 g/mol. The van der Waals surface area contributed by atoms with Crippen LogP contribution in [0.1, 0.15) is 31.9 Å². The number of hydrogen-bond acceptors (Lipinski definition) is 6. The summed E-state index contributed by atoms with van der Waals surface area (Å²) in [6.45, 7) is 3.19. The van der Waals surface area contributed by atoms with E-state index in [1.54, 1.807) is 18.7 Å². The molecule has 3 aromatic rings. The van der Waals surface area contributed by atoms with Gasteiger partial charge in [-0.25, -0.2) is 0 Å². The maximum atomic E-state index is 12.8. The molecule has 0 aromatic carbocycles. The molecular formula is C21H23N5O2S. The van der Waals surface area contributed by atoms with E-state index in [0.717, 1.165) is 36.3 Å². The van der Waals surface area contributed by atoms with Crippen LogP contribution in [0.5, 0.6) is 0 Å². The molecule has 0 fully saturated rings. The lowest BCUT2D eigenvalue weighted by Crippen LogP contribution is -2.31. The van der Waals surface area contributed by atoms with Crippen LogP contribution in [-0.4, -0.2) is 42.9 Å². The van der Waals surface area contributed by atoms with Crippen molar-refractivity contribution in [2.24, 2.45) is 0 Å². The van der Waals surface area contributed by atoms with Gasteiger partial charge in [-0.1, -0.05) is 17.8 Å². The van der Waals surface area contributed by atoms with Crippen molar-refractivity contribution in [3.05, 3.63) is 60.5 Å². The minimum atomic E-state index is 0.0983. The van der Waals surface area contributed by atoms with Gasteiger partial charge in [0.1, 0.15) is 5.76 Å². The fourth-order valence-corrected chi connectivity index (χ4v) is 4.26. The fourth-order valence-electron chi connectivity index (χ4n) is 3.45. The lowest BCUT2D eigenvalue weighted by molar-refractivity contribution is -0.126. The highest BCUT2D eigenvalue weighted by Gasteiger charge is 2.21. The summed E-state index contributed by atoms with van der Waals surface area (Å²) in [6, 6.07) is 7.58. The quantitative estimate of drug-likeness (QED) is 0.524. The van der Waals surface area contributed by atoms with Gasteiger partial charge < -0.3 is 9.32 Å². The second-order valence-corrected chi connectivity index (χ2v) is 7.67. The summed E-state index contributed by atoms with van der Waals surface area (Å²) in [5.74, 6) is 1.92. The Morgan fingerprint density at radius 3 is 2.93 bits per heavy atom. The van der Waals surface area contributed by atoms with Crippen LogP contribution in [0.15, 0.2) is 64.3 Å². The standard InChI is InChI=1S/C21H23N5O2S/c1-2-25(17-8-3-4-9-17)19(27)15-29-21-24-23-20(16-7-5-11-22-13-16)26(21)14-18-10-6-12-28-18/h5-8,10-13H,2-4,9,14-15H2,1H3. The number of furan rings is 1. The molecule has 0 N–H and O–H groups in total. The van der Waals surface area contributed by atoms with Crippen LogP contribution < -0.4 is 0 Å². The minimum Gasteiger partial charge on any atom is -0.467 e. The number of carbonyl (C=O) groups excluding carboxylic acids is 1. The van der Waals surface area contributed by atoms with Gasteiger partial charge in [-0.15, -0.1) is 10.2 Å². The Bertz CT molecular complexity index is 982. The summed E-state index contributed by atoms with van der Waals surface area (Å²) in [5.41, 5.74) is 2.02. The molecule has 0 radical (unpaired) electrons. The first kappa shape index (κ1) is 19.4. The first-order valence-corrected chi connectivity index (χ1v) is 10.7. The van der Waals surface area contributed by atoms with E-state index >= 15 is 0 Å². The van der Waals surface area contributed by atoms with Crippen molar-refractivity contribution in [3.8, 4) is 11.4 Å². The normalized spacial score (nSPS) is 13.5. The van der Waals surface area contributed by atoms with Crippen LogP contribution in [0.3, 0.4) is 0 Å². The average Bonchev–Trinajstić information content (AvgIpc) is 3.51. The van der Waals surface area contributed by atoms with Gasteiger partial charge in [0.15, 0.2) is 11.0 Å². The summed E-state index contributed by atoms with van der Waals surface area (Å²) in [7, 11) is 0. The maximum absolute atomic E-state index is 12.8. The number of nitrogens with zero attached hydrogens (tertiary/aromatic N) is 5. The molecule has 0 saturated carbocycles. The lowest BCUT2D eigenvalue weighted by atomic mass is 10.2. The first-order chi connectivity index (χ1) is 14.3. The first-order valence-electron chi connectivity index (χ1n) is 9.74. The van der Waals surface area contributed by atoms with Crippen LogP contribution in [0.25, 0.3) is 11.4 Å². The van der Waals surface area contributed by atoms with E-state index in [1.807, 2.05) is 40.7 Å². The maximum Gasteiger partial charge on any atom is 0.237 e. The van der Waals surface area contributed by atoms with Crippen LogP contribution in [-0.2, 0) is 11.3 Å². The summed E-state index contributed by atoms with van der Waals surface area (Å²) in [5, 5.41) is 9.40. The van der Waals surface area contributed by atoms with Gasteiger partial charge in [-0.3, -0.25) is 14.3 Å². The molecular weight excluding hydrogens is 386 g/mol. The van der Waals surface area contributed by atoms with Crippen molar-refractivity contribution < 1.29 is 9.21 Å². The van der Waals surface area contributed by atoms with Crippen molar-refractivity contribution in [2.45, 2.75) is 37.9 Å². The number of carbonyl (C=O) groups is 1. The molecule has 0 saturated heterocycles. The van der Waals surface area contributed by atoms with Crippen molar-refractivity contribution in [3.63, 3.8) is 0 Å². The van der Waals surface area contributed by atoms with Crippen LogP contribution in [0.2, 0.25) is 0 Å². The zero-order valence-electron chi connectivity index (χ0n) is 16.3. The number of aromatic nitrogens is 4. The third kappa shape index (κ3) is 4.42. The van der Waals surface area contributed by atoms with Gasteiger partial charge in [0, 0.05) is 30.2 Å². The fraction of sp³-hybridized carbons (Fsp3) is 0.333. The Kier molecular flexibility index (Phi) is 6.09. The Labute approximate surface area is 173 Å². The lowest BCUT2D eigenvalue weighted by Gasteiger charge is -2.22. The highest BCUT2D eigenvalue weighted by Crippen LogP contribution is 2.27. The topological polar surface area (TPSA) is 77.1 Å². The van der Waals surface area contributed by atoms with Crippen LogP contribution in [0, 0.1) is 0 Å². The van der Waals surface area contributed by atoms with Crippen molar-refractivity contribution >= 4 is 17.7 Å². The van der Waals surface area contributed by atoms with Crippen molar-refractivity contribution in [2.75, 3.05) is 12.3 Å². The molecule has 0 aliphatic heterocycles. The number of rotatable bonds is 8. The van der Waals surface area contributed by atoms with E-state index in [2.05, 4.69) is 21.3 Å². The molecule has 29 heavy (non-hydrogen) atoms. The predicted octanol–water partition coefficient (Wildman–Crippen LogP) is 3.99. The third-order valence-corrected chi connectivity index (χ3v) is 5.79. The zero-order valence-corrected chi connectivity index (χ0v) is 17.1. The highest BCUT2D eigenvalue weighted by atomic mass is 32.2. The number of hydrogen-bond donors (Lipinski definition) is 0. The molecule has 1 aliphatic carbocycles.